The van der Waals surface area contributed by atoms with Gasteiger partial charge in [0.05, 0.1) is 12.0 Å². The Morgan fingerprint density at radius 1 is 1.04 bits per heavy atom. The zero-order chi connectivity index (χ0) is 19.5. The van der Waals surface area contributed by atoms with Crippen molar-refractivity contribution in [2.75, 3.05) is 6.61 Å². The predicted molar refractivity (Wildman–Crippen MR) is 112 cm³/mol. The smallest absolute Gasteiger partial charge is 0.347 e. The standard InChI is InChI=1S/C23H32O4/c1-3-5-7-9-10-11-13-20-22(24)19-15-14-18(17-21(19)27-23(20)25)26-16-12-8-6-4-2/h11,13-15,17,24H,3-10,12,16H2,1-2H3. The summed E-state index contributed by atoms with van der Waals surface area (Å²) < 4.78 is 11.1. The number of aromatic hydroxyl groups is 1. The Morgan fingerprint density at radius 3 is 2.52 bits per heavy atom. The summed E-state index contributed by atoms with van der Waals surface area (Å²) >= 11 is 0. The average Bonchev–Trinajstić information content (AvgIpc) is 2.66. The molecule has 4 heteroatoms. The number of allylic oxidation sites excluding steroid dienone is 1. The molecule has 0 spiro atoms. The zero-order valence-electron chi connectivity index (χ0n) is 16.6. The first-order chi connectivity index (χ1) is 13.2. The molecule has 148 valence electrons. The lowest BCUT2D eigenvalue weighted by Gasteiger charge is -2.08. The fourth-order valence-electron chi connectivity index (χ4n) is 3.03. The number of rotatable bonds is 12. The summed E-state index contributed by atoms with van der Waals surface area (Å²) in [6.45, 7) is 4.99. The molecule has 0 bridgehead atoms. The normalized spacial score (nSPS) is 11.5. The van der Waals surface area contributed by atoms with Gasteiger partial charge in [0.15, 0.2) is 0 Å². The van der Waals surface area contributed by atoms with Gasteiger partial charge in [0.2, 0.25) is 0 Å². The number of ether oxygens (including phenoxy) is 1. The Labute approximate surface area is 161 Å². The molecule has 27 heavy (non-hydrogen) atoms. The van der Waals surface area contributed by atoms with Crippen LogP contribution in [0.1, 0.15) is 77.2 Å². The maximum atomic E-state index is 12.2. The quantitative estimate of drug-likeness (QED) is 0.344. The van der Waals surface area contributed by atoms with Crippen LogP contribution < -0.4 is 10.4 Å². The molecule has 0 aliphatic heterocycles. The minimum atomic E-state index is -0.523. The second-order valence-corrected chi connectivity index (χ2v) is 6.97. The molecular formula is C23H32O4. The Bertz CT molecular complexity index is 789. The van der Waals surface area contributed by atoms with Gasteiger partial charge in [-0.15, -0.1) is 0 Å². The van der Waals surface area contributed by atoms with Crippen LogP contribution in [0.2, 0.25) is 0 Å². The third kappa shape index (κ3) is 6.46. The van der Waals surface area contributed by atoms with Gasteiger partial charge >= 0.3 is 5.63 Å². The van der Waals surface area contributed by atoms with Crippen LogP contribution in [0.4, 0.5) is 0 Å². The van der Waals surface area contributed by atoms with Gasteiger partial charge in [0, 0.05) is 6.07 Å². The van der Waals surface area contributed by atoms with E-state index in [2.05, 4.69) is 13.8 Å². The van der Waals surface area contributed by atoms with E-state index in [-0.39, 0.29) is 11.3 Å². The van der Waals surface area contributed by atoms with Crippen LogP contribution in [0.25, 0.3) is 17.0 Å². The first kappa shape index (κ1) is 21.1. The van der Waals surface area contributed by atoms with Crippen molar-refractivity contribution in [2.24, 2.45) is 0 Å². The van der Waals surface area contributed by atoms with Crippen LogP contribution in [0.3, 0.4) is 0 Å². The van der Waals surface area contributed by atoms with E-state index < -0.39 is 5.63 Å². The van der Waals surface area contributed by atoms with Crippen LogP contribution >= 0.6 is 0 Å². The maximum Gasteiger partial charge on any atom is 0.347 e. The van der Waals surface area contributed by atoms with Gasteiger partial charge in [-0.3, -0.25) is 0 Å². The van der Waals surface area contributed by atoms with Crippen molar-refractivity contribution in [3.8, 4) is 11.5 Å². The summed E-state index contributed by atoms with van der Waals surface area (Å²) in [5.41, 5.74) is 0.0415. The molecule has 0 atom stereocenters. The van der Waals surface area contributed by atoms with Crippen LogP contribution in [0.5, 0.6) is 11.5 Å². The molecule has 1 N–H and O–H groups in total. The molecule has 1 heterocycles. The van der Waals surface area contributed by atoms with E-state index in [1.54, 1.807) is 24.3 Å². The van der Waals surface area contributed by atoms with Crippen molar-refractivity contribution in [1.29, 1.82) is 0 Å². The monoisotopic (exact) mass is 372 g/mol. The van der Waals surface area contributed by atoms with Crippen molar-refractivity contribution in [1.82, 2.24) is 0 Å². The molecule has 2 rings (SSSR count). The van der Waals surface area contributed by atoms with E-state index in [1.807, 2.05) is 6.08 Å². The fourth-order valence-corrected chi connectivity index (χ4v) is 3.03. The molecule has 0 saturated carbocycles. The van der Waals surface area contributed by atoms with Gasteiger partial charge in [-0.1, -0.05) is 58.4 Å². The molecule has 1 aromatic carbocycles. The van der Waals surface area contributed by atoms with Gasteiger partial charge in [0.25, 0.3) is 0 Å². The molecule has 4 nitrogen and oxygen atoms in total. The second kappa shape index (κ2) is 11.5. The Morgan fingerprint density at radius 2 is 1.78 bits per heavy atom. The molecule has 0 radical (unpaired) electrons. The Kier molecular flexibility index (Phi) is 8.96. The minimum Gasteiger partial charge on any atom is -0.506 e. The second-order valence-electron chi connectivity index (χ2n) is 6.97. The lowest BCUT2D eigenvalue weighted by molar-refractivity contribution is 0.305. The highest BCUT2D eigenvalue weighted by Crippen LogP contribution is 2.30. The van der Waals surface area contributed by atoms with Crippen LogP contribution in [0.15, 0.2) is 33.5 Å². The number of hydrogen-bond donors (Lipinski definition) is 1. The maximum absolute atomic E-state index is 12.2. The first-order valence-corrected chi connectivity index (χ1v) is 10.3. The van der Waals surface area contributed by atoms with Crippen molar-refractivity contribution >= 4 is 17.0 Å². The highest BCUT2D eigenvalue weighted by molar-refractivity contribution is 5.87. The van der Waals surface area contributed by atoms with Crippen molar-refractivity contribution in [3.05, 3.63) is 40.3 Å². The van der Waals surface area contributed by atoms with Gasteiger partial charge in [0.1, 0.15) is 22.6 Å². The number of benzene rings is 1. The lowest BCUT2D eigenvalue weighted by Crippen LogP contribution is -2.04. The van der Waals surface area contributed by atoms with E-state index in [9.17, 15) is 9.90 Å². The summed E-state index contributed by atoms with van der Waals surface area (Å²) in [7, 11) is 0. The third-order valence-electron chi connectivity index (χ3n) is 4.66. The lowest BCUT2D eigenvalue weighted by atomic mass is 10.1. The summed E-state index contributed by atoms with van der Waals surface area (Å²) in [4.78, 5) is 12.2. The number of unbranched alkanes of at least 4 members (excludes halogenated alkanes) is 7. The van der Waals surface area contributed by atoms with Crippen LogP contribution in [-0.2, 0) is 0 Å². The van der Waals surface area contributed by atoms with Gasteiger partial charge in [-0.2, -0.15) is 0 Å². The van der Waals surface area contributed by atoms with Crippen LogP contribution in [-0.4, -0.2) is 11.7 Å². The molecule has 0 saturated heterocycles. The van der Waals surface area contributed by atoms with Crippen molar-refractivity contribution in [2.45, 2.75) is 71.6 Å². The molecule has 0 aliphatic carbocycles. The van der Waals surface area contributed by atoms with Gasteiger partial charge in [-0.05, 0) is 37.5 Å². The number of hydrogen-bond acceptors (Lipinski definition) is 4. The summed E-state index contributed by atoms with van der Waals surface area (Å²) in [5, 5.41) is 11.0. The van der Waals surface area contributed by atoms with E-state index in [0.717, 1.165) is 25.7 Å². The van der Waals surface area contributed by atoms with Crippen molar-refractivity contribution in [3.63, 3.8) is 0 Å². The SMILES string of the molecule is CCCCCCC=Cc1c(O)c2ccc(OCCCCCC)cc2oc1=O. The van der Waals surface area contributed by atoms with Gasteiger partial charge < -0.3 is 14.3 Å². The minimum absolute atomic E-state index is 0.0273. The highest BCUT2D eigenvalue weighted by Gasteiger charge is 2.12. The van der Waals surface area contributed by atoms with E-state index in [0.29, 0.717) is 23.3 Å². The largest absolute Gasteiger partial charge is 0.506 e. The van der Waals surface area contributed by atoms with E-state index in [1.165, 1.54) is 32.1 Å². The molecule has 0 amide bonds. The molecule has 0 fully saturated rings. The molecule has 0 aliphatic rings. The fraction of sp³-hybridized carbons (Fsp3) is 0.522. The summed E-state index contributed by atoms with van der Waals surface area (Å²) in [5.74, 6) is 0.626. The summed E-state index contributed by atoms with van der Waals surface area (Å²) in [6, 6.07) is 5.22. The Balaban J connectivity index is 2.06. The average molecular weight is 373 g/mol. The zero-order valence-corrected chi connectivity index (χ0v) is 16.6. The molecule has 1 aromatic heterocycles. The van der Waals surface area contributed by atoms with Crippen molar-refractivity contribution < 1.29 is 14.3 Å². The third-order valence-corrected chi connectivity index (χ3v) is 4.66. The van der Waals surface area contributed by atoms with Gasteiger partial charge in [-0.25, -0.2) is 4.79 Å². The van der Waals surface area contributed by atoms with E-state index in [4.69, 9.17) is 9.15 Å². The molecule has 0 unspecified atom stereocenters. The molecule has 2 aromatic rings. The topological polar surface area (TPSA) is 59.7 Å². The number of fused-ring (bicyclic) bond motifs is 1. The first-order valence-electron chi connectivity index (χ1n) is 10.3. The summed E-state index contributed by atoms with van der Waals surface area (Å²) in [6.07, 6.45) is 13.7. The molecular weight excluding hydrogens is 340 g/mol. The predicted octanol–water partition coefficient (Wildman–Crippen LogP) is 6.44. The highest BCUT2D eigenvalue weighted by atomic mass is 16.5. The van der Waals surface area contributed by atoms with E-state index >= 15 is 0 Å². The van der Waals surface area contributed by atoms with Crippen LogP contribution in [0, 0.1) is 0 Å². The Hall–Kier alpha value is -2.23.